The van der Waals surface area contributed by atoms with Gasteiger partial charge < -0.3 is 19.4 Å². The van der Waals surface area contributed by atoms with Crippen LogP contribution >= 0.6 is 0 Å². The number of ether oxygens (including phenoxy) is 1. The zero-order valence-electron chi connectivity index (χ0n) is 22.5. The Morgan fingerprint density at radius 3 is 2.18 bits per heavy atom. The van der Waals surface area contributed by atoms with Crippen LogP contribution in [0.1, 0.15) is 55.9 Å². The van der Waals surface area contributed by atoms with E-state index in [2.05, 4.69) is 29.6 Å². The molecule has 3 aromatic rings. The normalized spacial score (nSPS) is 17.3. The molecule has 1 aliphatic heterocycles. The van der Waals surface area contributed by atoms with Crippen molar-refractivity contribution in [3.63, 3.8) is 0 Å². The van der Waals surface area contributed by atoms with Crippen LogP contribution in [0.3, 0.4) is 0 Å². The number of nitrogens with one attached hydrogen (secondary N) is 1. The summed E-state index contributed by atoms with van der Waals surface area (Å²) in [6.07, 6.45) is 1.03. The van der Waals surface area contributed by atoms with Crippen LogP contribution in [0.4, 0.5) is 9.18 Å². The molecule has 0 saturated carbocycles. The Labute approximate surface area is 228 Å². The molecule has 1 heterocycles. The first-order chi connectivity index (χ1) is 18.6. The van der Waals surface area contributed by atoms with Gasteiger partial charge in [-0.15, -0.1) is 0 Å². The standard InChI is InChI=1S/C31H30BFN2O4/c1-30(2)31(3,4)39-32(38-30)21(16-20-10-9-15-28(33)26(20)17-34)18-35-29(36)37-19-27-24-13-7-5-11-22(24)23-12-6-8-14-25(23)27/h5-16,27H,18-19H2,1-4H3,(H,35,36). The minimum absolute atomic E-state index is 0.0227. The number of amides is 1. The molecule has 2 aliphatic rings. The van der Waals surface area contributed by atoms with Crippen molar-refractivity contribution >= 4 is 19.3 Å². The Morgan fingerprint density at radius 2 is 1.59 bits per heavy atom. The summed E-state index contributed by atoms with van der Waals surface area (Å²) in [5.74, 6) is -0.684. The predicted octanol–water partition coefficient (Wildman–Crippen LogP) is 6.25. The Bertz CT molecular complexity index is 1430. The molecular formula is C31H30BFN2O4. The van der Waals surface area contributed by atoms with E-state index in [4.69, 9.17) is 14.0 Å². The fraction of sp³-hybridized carbons (Fsp3) is 0.290. The Morgan fingerprint density at radius 1 is 1.00 bits per heavy atom. The fourth-order valence-electron chi connectivity index (χ4n) is 5.00. The van der Waals surface area contributed by atoms with Crippen molar-refractivity contribution < 1.29 is 23.2 Å². The summed E-state index contributed by atoms with van der Waals surface area (Å²) in [5.41, 5.74) is 4.11. The molecule has 1 N–H and O–H groups in total. The maximum Gasteiger partial charge on any atom is 0.492 e. The van der Waals surface area contributed by atoms with Gasteiger partial charge in [0.1, 0.15) is 18.5 Å². The van der Waals surface area contributed by atoms with Crippen molar-refractivity contribution in [2.45, 2.75) is 44.8 Å². The topological polar surface area (TPSA) is 80.6 Å². The molecule has 1 amide bonds. The molecule has 39 heavy (non-hydrogen) atoms. The summed E-state index contributed by atoms with van der Waals surface area (Å²) in [6.45, 7) is 7.89. The molecule has 1 saturated heterocycles. The molecule has 0 bridgehead atoms. The van der Waals surface area contributed by atoms with Gasteiger partial charge in [0.15, 0.2) is 0 Å². The van der Waals surface area contributed by atoms with Gasteiger partial charge in [-0.3, -0.25) is 0 Å². The first-order valence-electron chi connectivity index (χ1n) is 12.9. The molecule has 1 aliphatic carbocycles. The average Bonchev–Trinajstić information content (AvgIpc) is 3.34. The van der Waals surface area contributed by atoms with E-state index < -0.39 is 30.2 Å². The number of carbonyl (C=O) groups excluding carboxylic acids is 1. The lowest BCUT2D eigenvalue weighted by molar-refractivity contribution is 0.00578. The van der Waals surface area contributed by atoms with Crippen molar-refractivity contribution in [1.29, 1.82) is 5.26 Å². The molecule has 198 valence electrons. The van der Waals surface area contributed by atoms with E-state index in [9.17, 15) is 14.4 Å². The van der Waals surface area contributed by atoms with Crippen LogP contribution < -0.4 is 5.32 Å². The first kappa shape index (κ1) is 26.7. The third-order valence-electron chi connectivity index (χ3n) is 7.84. The first-order valence-corrected chi connectivity index (χ1v) is 12.9. The monoisotopic (exact) mass is 524 g/mol. The summed E-state index contributed by atoms with van der Waals surface area (Å²) >= 11 is 0. The number of nitrogens with zero attached hydrogens (tertiary/aromatic N) is 1. The largest absolute Gasteiger partial charge is 0.492 e. The van der Waals surface area contributed by atoms with E-state index in [1.165, 1.54) is 12.1 Å². The predicted molar refractivity (Wildman–Crippen MR) is 148 cm³/mol. The minimum atomic E-state index is -0.807. The number of carbonyl (C=O) groups is 1. The van der Waals surface area contributed by atoms with E-state index in [1.807, 2.05) is 58.0 Å². The second-order valence-corrected chi connectivity index (χ2v) is 10.8. The van der Waals surface area contributed by atoms with Gasteiger partial charge in [0.05, 0.1) is 16.8 Å². The summed E-state index contributed by atoms with van der Waals surface area (Å²) < 4.78 is 32.4. The number of alkyl carbamates (subject to hydrolysis) is 1. The molecule has 5 rings (SSSR count). The Balaban J connectivity index is 1.33. The van der Waals surface area contributed by atoms with Gasteiger partial charge in [0, 0.05) is 12.5 Å². The van der Waals surface area contributed by atoms with Crippen LogP contribution in [0.2, 0.25) is 0 Å². The highest BCUT2D eigenvalue weighted by Crippen LogP contribution is 2.44. The van der Waals surface area contributed by atoms with Crippen molar-refractivity contribution in [2.75, 3.05) is 13.2 Å². The van der Waals surface area contributed by atoms with Gasteiger partial charge in [-0.05, 0) is 67.1 Å². The zero-order chi connectivity index (χ0) is 27.8. The quantitative estimate of drug-likeness (QED) is 0.386. The number of fused-ring (bicyclic) bond motifs is 3. The summed E-state index contributed by atoms with van der Waals surface area (Å²) in [7, 11) is -0.807. The van der Waals surface area contributed by atoms with E-state index in [0.29, 0.717) is 11.0 Å². The van der Waals surface area contributed by atoms with Gasteiger partial charge >= 0.3 is 13.2 Å². The van der Waals surface area contributed by atoms with Gasteiger partial charge in [-0.1, -0.05) is 66.7 Å². The van der Waals surface area contributed by atoms with Crippen LogP contribution in [0.15, 0.2) is 72.2 Å². The van der Waals surface area contributed by atoms with Crippen molar-refractivity contribution in [2.24, 2.45) is 0 Å². The van der Waals surface area contributed by atoms with E-state index in [1.54, 1.807) is 12.1 Å². The lowest BCUT2D eigenvalue weighted by Gasteiger charge is -2.32. The zero-order valence-corrected chi connectivity index (χ0v) is 22.5. The lowest BCUT2D eigenvalue weighted by Crippen LogP contribution is -2.41. The van der Waals surface area contributed by atoms with Crippen LogP contribution in [-0.2, 0) is 14.0 Å². The highest BCUT2D eigenvalue weighted by molar-refractivity contribution is 6.56. The molecule has 8 heteroatoms. The fourth-order valence-corrected chi connectivity index (χ4v) is 5.00. The second kappa shape index (κ2) is 10.3. The van der Waals surface area contributed by atoms with Crippen LogP contribution in [-0.4, -0.2) is 37.6 Å². The summed E-state index contributed by atoms with van der Waals surface area (Å²) in [5, 5.41) is 12.3. The maximum atomic E-state index is 14.3. The smallest absolute Gasteiger partial charge is 0.449 e. The lowest BCUT2D eigenvalue weighted by atomic mass is 9.76. The van der Waals surface area contributed by atoms with Gasteiger partial charge in [-0.25, -0.2) is 9.18 Å². The number of halogens is 1. The van der Waals surface area contributed by atoms with E-state index in [-0.39, 0.29) is 24.6 Å². The molecular weight excluding hydrogens is 494 g/mol. The van der Waals surface area contributed by atoms with E-state index in [0.717, 1.165) is 22.3 Å². The SMILES string of the molecule is CC1(C)OB(C(=Cc2cccc(F)c2C#N)CNC(=O)OCC2c3ccccc3-c3ccccc32)OC1(C)C. The Hall–Kier alpha value is -3.93. The molecule has 0 unspecified atom stereocenters. The third-order valence-corrected chi connectivity index (χ3v) is 7.84. The molecule has 6 nitrogen and oxygen atoms in total. The van der Waals surface area contributed by atoms with E-state index >= 15 is 0 Å². The number of nitriles is 1. The molecule has 3 aromatic carbocycles. The van der Waals surface area contributed by atoms with Gasteiger partial charge in [0.2, 0.25) is 0 Å². The van der Waals surface area contributed by atoms with Crippen molar-refractivity contribution in [3.8, 4) is 17.2 Å². The minimum Gasteiger partial charge on any atom is -0.449 e. The average molecular weight is 524 g/mol. The maximum absolute atomic E-state index is 14.3. The number of benzene rings is 3. The van der Waals surface area contributed by atoms with Crippen molar-refractivity contribution in [1.82, 2.24) is 5.32 Å². The molecule has 0 aromatic heterocycles. The van der Waals surface area contributed by atoms with Crippen LogP contribution in [0.5, 0.6) is 0 Å². The van der Waals surface area contributed by atoms with Crippen LogP contribution in [0, 0.1) is 17.1 Å². The highest BCUT2D eigenvalue weighted by atomic mass is 19.1. The third kappa shape index (κ3) is 5.08. The molecule has 0 radical (unpaired) electrons. The summed E-state index contributed by atoms with van der Waals surface area (Å²) in [6, 6.07) is 22.6. The van der Waals surface area contributed by atoms with Gasteiger partial charge in [0.25, 0.3) is 0 Å². The molecule has 0 spiro atoms. The number of rotatable bonds is 6. The molecule has 1 fully saturated rings. The highest BCUT2D eigenvalue weighted by Gasteiger charge is 2.52. The van der Waals surface area contributed by atoms with Gasteiger partial charge in [-0.2, -0.15) is 5.26 Å². The van der Waals surface area contributed by atoms with Crippen LogP contribution in [0.25, 0.3) is 17.2 Å². The Kier molecular flexibility index (Phi) is 7.06. The summed E-state index contributed by atoms with van der Waals surface area (Å²) in [4.78, 5) is 12.9. The second-order valence-electron chi connectivity index (χ2n) is 10.8. The number of hydrogen-bond acceptors (Lipinski definition) is 5. The van der Waals surface area contributed by atoms with Crippen molar-refractivity contribution in [3.05, 3.63) is 100 Å². The number of hydrogen-bond donors (Lipinski definition) is 1. The molecule has 0 atom stereocenters.